The minimum atomic E-state index is -0.818. The molecule has 0 saturated heterocycles. The first-order valence-electron chi connectivity index (χ1n) is 18.4. The summed E-state index contributed by atoms with van der Waals surface area (Å²) < 4.78 is 10.5. The molecule has 0 rings (SSSR count). The summed E-state index contributed by atoms with van der Waals surface area (Å²) >= 11 is 0. The van der Waals surface area contributed by atoms with Gasteiger partial charge in [-0.15, -0.1) is 0 Å². The standard InChI is InChI=1S/C43H66O5/c1-3-5-7-9-11-13-15-17-19-20-21-22-24-25-27-29-31-33-35-37-42(45)47-40-41(39-44)48-43(46)38-36-34-32-30-28-26-23-18-16-14-12-10-8-6-4-2/h5-8,11-14,17-19,21-23,25,27,31,33,41,44H,3-4,9-10,15-16,20,24,26,28-30,32,34-40H2,1-2H3/b7-5+,8-6+,13-11+,14-12+,19-17+,22-21+,23-18+,27-25+,33-31+/t41-/m0/s1. The lowest BCUT2D eigenvalue weighted by atomic mass is 10.1. The zero-order valence-electron chi connectivity index (χ0n) is 30.2. The molecule has 0 unspecified atom stereocenters. The molecule has 0 bridgehead atoms. The van der Waals surface area contributed by atoms with Gasteiger partial charge in [0.15, 0.2) is 6.10 Å². The van der Waals surface area contributed by atoms with Gasteiger partial charge >= 0.3 is 11.9 Å². The predicted molar refractivity (Wildman–Crippen MR) is 205 cm³/mol. The lowest BCUT2D eigenvalue weighted by Gasteiger charge is -2.15. The number of unbranched alkanes of at least 4 members (excludes halogenated alkanes) is 5. The van der Waals surface area contributed by atoms with Crippen LogP contribution in [0.15, 0.2) is 109 Å². The Morgan fingerprint density at radius 3 is 1.33 bits per heavy atom. The number of rotatable bonds is 31. The molecule has 1 atom stereocenters. The molecule has 0 amide bonds. The van der Waals surface area contributed by atoms with Crippen molar-refractivity contribution in [1.82, 2.24) is 0 Å². The molecule has 0 aromatic rings. The lowest BCUT2D eigenvalue weighted by Crippen LogP contribution is -2.28. The topological polar surface area (TPSA) is 72.8 Å². The van der Waals surface area contributed by atoms with Crippen molar-refractivity contribution in [3.63, 3.8) is 0 Å². The highest BCUT2D eigenvalue weighted by Gasteiger charge is 2.15. The highest BCUT2D eigenvalue weighted by atomic mass is 16.6. The van der Waals surface area contributed by atoms with Gasteiger partial charge in [-0.3, -0.25) is 9.59 Å². The van der Waals surface area contributed by atoms with Gasteiger partial charge in [0.25, 0.3) is 0 Å². The molecule has 0 aliphatic rings. The molecule has 0 heterocycles. The molecule has 48 heavy (non-hydrogen) atoms. The lowest BCUT2D eigenvalue weighted by molar-refractivity contribution is -0.161. The van der Waals surface area contributed by atoms with Gasteiger partial charge in [-0.05, 0) is 83.5 Å². The van der Waals surface area contributed by atoms with Crippen LogP contribution in [0.3, 0.4) is 0 Å². The predicted octanol–water partition coefficient (Wildman–Crippen LogP) is 11.5. The number of hydrogen-bond donors (Lipinski definition) is 1. The summed E-state index contributed by atoms with van der Waals surface area (Å²) in [6.07, 6.45) is 54.4. The zero-order valence-corrected chi connectivity index (χ0v) is 30.2. The van der Waals surface area contributed by atoms with Crippen LogP contribution in [-0.2, 0) is 19.1 Å². The van der Waals surface area contributed by atoms with Crippen LogP contribution in [0, 0.1) is 0 Å². The van der Waals surface area contributed by atoms with E-state index in [1.54, 1.807) is 0 Å². The highest BCUT2D eigenvalue weighted by molar-refractivity contribution is 5.70. The van der Waals surface area contributed by atoms with Crippen LogP contribution in [0.2, 0.25) is 0 Å². The first kappa shape index (κ1) is 44.6. The highest BCUT2D eigenvalue weighted by Crippen LogP contribution is 2.10. The average molecular weight is 663 g/mol. The largest absolute Gasteiger partial charge is 0.462 e. The number of carbonyl (C=O) groups excluding carboxylic acids is 2. The summed E-state index contributed by atoms with van der Waals surface area (Å²) in [5.41, 5.74) is 0. The van der Waals surface area contributed by atoms with Gasteiger partial charge < -0.3 is 14.6 Å². The second-order valence-corrected chi connectivity index (χ2v) is 11.5. The number of hydrogen-bond acceptors (Lipinski definition) is 5. The van der Waals surface area contributed by atoms with Crippen LogP contribution in [0.5, 0.6) is 0 Å². The minimum absolute atomic E-state index is 0.121. The number of allylic oxidation sites excluding steroid dienone is 18. The fourth-order valence-corrected chi connectivity index (χ4v) is 4.36. The number of aliphatic hydroxyl groups is 1. The monoisotopic (exact) mass is 662 g/mol. The average Bonchev–Trinajstić information content (AvgIpc) is 3.09. The molecule has 0 fully saturated rings. The van der Waals surface area contributed by atoms with Crippen LogP contribution >= 0.6 is 0 Å². The van der Waals surface area contributed by atoms with Gasteiger partial charge in [-0.2, -0.15) is 0 Å². The second-order valence-electron chi connectivity index (χ2n) is 11.5. The Morgan fingerprint density at radius 2 is 0.875 bits per heavy atom. The molecule has 0 radical (unpaired) electrons. The van der Waals surface area contributed by atoms with Crippen LogP contribution in [0.25, 0.3) is 0 Å². The number of ether oxygens (including phenoxy) is 2. The van der Waals surface area contributed by atoms with E-state index in [0.717, 1.165) is 96.3 Å². The van der Waals surface area contributed by atoms with Crippen molar-refractivity contribution in [2.45, 2.75) is 136 Å². The smallest absolute Gasteiger partial charge is 0.306 e. The van der Waals surface area contributed by atoms with Gasteiger partial charge in [0.1, 0.15) is 6.61 Å². The molecule has 0 aromatic carbocycles. The SMILES string of the molecule is CC/C=C/C/C=C/C/C=C/C/C=C/C/C=C/C/C=C/CCC(=O)OC[C@H](CO)OC(=O)CCCCCCC/C=C/C/C=C/C/C=C/CC. The zero-order chi connectivity index (χ0) is 35.0. The maximum absolute atomic E-state index is 12.1. The van der Waals surface area contributed by atoms with Crippen LogP contribution < -0.4 is 0 Å². The van der Waals surface area contributed by atoms with E-state index in [-0.39, 0.29) is 31.6 Å². The van der Waals surface area contributed by atoms with E-state index in [4.69, 9.17) is 9.47 Å². The van der Waals surface area contributed by atoms with Crippen LogP contribution in [0.4, 0.5) is 0 Å². The second kappa shape index (κ2) is 38.0. The Hall–Kier alpha value is -3.44. The number of aliphatic hydroxyl groups excluding tert-OH is 1. The van der Waals surface area contributed by atoms with Crippen molar-refractivity contribution in [1.29, 1.82) is 0 Å². The van der Waals surface area contributed by atoms with Gasteiger partial charge in [0.05, 0.1) is 6.61 Å². The maximum atomic E-state index is 12.1. The van der Waals surface area contributed by atoms with E-state index >= 15 is 0 Å². The Morgan fingerprint density at radius 1 is 0.479 bits per heavy atom. The molecule has 1 N–H and O–H groups in total. The summed E-state index contributed by atoms with van der Waals surface area (Å²) in [4.78, 5) is 24.2. The van der Waals surface area contributed by atoms with Crippen molar-refractivity contribution in [3.05, 3.63) is 109 Å². The van der Waals surface area contributed by atoms with E-state index in [2.05, 4.69) is 111 Å². The van der Waals surface area contributed by atoms with E-state index < -0.39 is 6.10 Å². The summed E-state index contributed by atoms with van der Waals surface area (Å²) in [7, 11) is 0. The molecule has 0 aromatic heterocycles. The Balaban J connectivity index is 3.78. The third kappa shape index (κ3) is 35.4. The third-order valence-electron chi connectivity index (χ3n) is 7.08. The van der Waals surface area contributed by atoms with Gasteiger partial charge in [-0.25, -0.2) is 0 Å². The van der Waals surface area contributed by atoms with E-state index in [0.29, 0.717) is 12.8 Å². The van der Waals surface area contributed by atoms with Crippen molar-refractivity contribution < 1.29 is 24.2 Å². The number of esters is 2. The summed E-state index contributed by atoms with van der Waals surface area (Å²) in [5.74, 6) is -0.723. The first-order chi connectivity index (χ1) is 23.6. The summed E-state index contributed by atoms with van der Waals surface area (Å²) in [6, 6.07) is 0. The normalized spacial score (nSPS) is 13.5. The van der Waals surface area contributed by atoms with Crippen molar-refractivity contribution in [3.8, 4) is 0 Å². The van der Waals surface area contributed by atoms with Crippen molar-refractivity contribution in [2.24, 2.45) is 0 Å². The van der Waals surface area contributed by atoms with E-state index in [9.17, 15) is 14.7 Å². The molecule has 268 valence electrons. The van der Waals surface area contributed by atoms with Gasteiger partial charge in [0, 0.05) is 12.8 Å². The van der Waals surface area contributed by atoms with E-state index in [1.165, 1.54) is 0 Å². The molecule has 5 nitrogen and oxygen atoms in total. The fraction of sp³-hybridized carbons (Fsp3) is 0.535. The van der Waals surface area contributed by atoms with Gasteiger partial charge in [-0.1, -0.05) is 142 Å². The fourth-order valence-electron chi connectivity index (χ4n) is 4.36. The quantitative estimate of drug-likeness (QED) is 0.0454. The molecule has 0 aliphatic carbocycles. The van der Waals surface area contributed by atoms with Crippen LogP contribution in [-0.4, -0.2) is 36.4 Å². The Bertz CT molecular complexity index is 1020. The Labute approximate surface area is 293 Å². The Kier molecular flexibility index (Phi) is 35.3. The van der Waals surface area contributed by atoms with Gasteiger partial charge in [0.2, 0.25) is 0 Å². The summed E-state index contributed by atoms with van der Waals surface area (Å²) in [6.45, 7) is 3.80. The minimum Gasteiger partial charge on any atom is -0.462 e. The molecular weight excluding hydrogens is 596 g/mol. The van der Waals surface area contributed by atoms with Crippen molar-refractivity contribution in [2.75, 3.05) is 13.2 Å². The molecule has 0 aliphatic heterocycles. The molecule has 0 saturated carbocycles. The summed E-state index contributed by atoms with van der Waals surface area (Å²) in [5, 5.41) is 9.53. The van der Waals surface area contributed by atoms with Crippen LogP contribution in [0.1, 0.15) is 129 Å². The molecular formula is C43H66O5. The third-order valence-corrected chi connectivity index (χ3v) is 7.08. The van der Waals surface area contributed by atoms with E-state index in [1.807, 2.05) is 12.2 Å². The number of carbonyl (C=O) groups is 2. The first-order valence-corrected chi connectivity index (χ1v) is 18.4. The maximum Gasteiger partial charge on any atom is 0.306 e. The van der Waals surface area contributed by atoms with Crippen molar-refractivity contribution >= 4 is 11.9 Å². The molecule has 0 spiro atoms. The molecule has 5 heteroatoms.